The minimum atomic E-state index is -3.16. The van der Waals surface area contributed by atoms with Gasteiger partial charge < -0.3 is 38.6 Å². The van der Waals surface area contributed by atoms with Gasteiger partial charge in [0.2, 0.25) is 0 Å². The fraction of sp³-hybridized carbons (Fsp3) is 0.538. The molecule has 1 radical (unpaired) electrons. The Balaban J connectivity index is 0.00000338. The fourth-order valence-electron chi connectivity index (χ4n) is 2.23. The quantitative estimate of drug-likeness (QED) is 0.248. The number of nitrogens with zero attached hydrogens (tertiary/aromatic N) is 4. The summed E-state index contributed by atoms with van der Waals surface area (Å²) in [6.07, 6.45) is -0.419. The summed E-state index contributed by atoms with van der Waals surface area (Å²) in [5.74, 6) is -0.215. The second kappa shape index (κ2) is 10.5. The Labute approximate surface area is 197 Å². The van der Waals surface area contributed by atoms with Gasteiger partial charge in [0.15, 0.2) is 0 Å². The molecule has 2 rings (SSSR count). The molecule has 1 heterocycles. The van der Waals surface area contributed by atoms with E-state index in [4.69, 9.17) is 0 Å². The maximum absolute atomic E-state index is 12.7. The Morgan fingerprint density at radius 2 is 1.04 bits per heavy atom. The third kappa shape index (κ3) is 9.76. The van der Waals surface area contributed by atoms with Crippen molar-refractivity contribution in [2.45, 2.75) is 0 Å². The summed E-state index contributed by atoms with van der Waals surface area (Å²) in [5.41, 5.74) is 0.686. The van der Waals surface area contributed by atoms with Crippen molar-refractivity contribution in [3.63, 3.8) is 0 Å². The molecule has 0 spiro atoms. The van der Waals surface area contributed by atoms with Crippen LogP contribution in [0.4, 0.5) is 11.4 Å². The minimum absolute atomic E-state index is 0. The first kappa shape index (κ1) is 28.3. The van der Waals surface area contributed by atoms with Gasteiger partial charge in [0.25, 0.3) is 0 Å². The van der Waals surface area contributed by atoms with E-state index in [1.807, 2.05) is 0 Å². The van der Waals surface area contributed by atoms with E-state index in [-0.39, 0.29) is 68.3 Å². The topological polar surface area (TPSA) is 125 Å². The molecule has 27 heavy (non-hydrogen) atoms. The summed E-state index contributed by atoms with van der Waals surface area (Å²) in [4.78, 5) is 0. The second-order valence-corrected chi connectivity index (χ2v) is 17.7. The summed E-state index contributed by atoms with van der Waals surface area (Å²) in [5, 5.41) is 16.5. The van der Waals surface area contributed by atoms with E-state index in [1.165, 1.54) is 26.7 Å². The van der Waals surface area contributed by atoms with Gasteiger partial charge in [0.1, 0.15) is 0 Å². The summed E-state index contributed by atoms with van der Waals surface area (Å²) in [7, 11) is -12.6. The van der Waals surface area contributed by atoms with Gasteiger partial charge >= 0.3 is 17.1 Å². The van der Waals surface area contributed by atoms with E-state index < -0.39 is 29.2 Å². The van der Waals surface area contributed by atoms with Crippen LogP contribution in [0.25, 0.3) is 20.3 Å². The molecular formula is C13H22FeN4O4P4Y. The van der Waals surface area contributed by atoms with Crippen LogP contribution in [0.1, 0.15) is 0 Å². The molecule has 149 valence electrons. The average molecular weight is 567 g/mol. The van der Waals surface area contributed by atoms with Crippen molar-refractivity contribution in [3.8, 4) is 0 Å². The van der Waals surface area contributed by atoms with E-state index in [0.29, 0.717) is 11.4 Å². The van der Waals surface area contributed by atoms with Crippen molar-refractivity contribution in [2.75, 3.05) is 45.1 Å². The van der Waals surface area contributed by atoms with Gasteiger partial charge in [-0.3, -0.25) is 0 Å². The Kier molecular flexibility index (Phi) is 11.0. The number of rotatable bonds is 0. The first-order valence-electron chi connectivity index (χ1n) is 7.49. The Hall–Kier alpha value is 1.28. The van der Waals surface area contributed by atoms with Gasteiger partial charge in [0.05, 0.1) is 0 Å². The largest absolute Gasteiger partial charge is 4.00 e. The number of hydrogen-bond acceptors (Lipinski definition) is 4. The van der Waals surface area contributed by atoms with E-state index >= 15 is 0 Å². The van der Waals surface area contributed by atoms with Gasteiger partial charge in [0, 0.05) is 53.2 Å². The van der Waals surface area contributed by atoms with E-state index in [2.05, 4.69) is 20.3 Å². The first-order chi connectivity index (χ1) is 11.3. The van der Waals surface area contributed by atoms with Crippen LogP contribution in [0.3, 0.4) is 0 Å². The molecule has 8 nitrogen and oxygen atoms in total. The molecule has 1 aliphatic heterocycles. The standard InChI is InChI=1S/C13H22N4O4P4.Fe.Y/c1-22(18)9-14-24(3,20)11-25(4,21)15-10-23(2,19)17-13-8-6-5-7-12(13)16-22;;/h5-8H,9-11H2,1-4H3;;/q-4;+4;. The molecule has 4 atom stereocenters. The number of hydrogen-bond donors (Lipinski definition) is 0. The van der Waals surface area contributed by atoms with Crippen LogP contribution in [0.5, 0.6) is 0 Å². The number of benzene rings is 1. The van der Waals surface area contributed by atoms with Gasteiger partial charge in [-0.2, -0.15) is 0 Å². The molecule has 0 bridgehead atoms. The molecular weight excluding hydrogens is 545 g/mol. The molecule has 1 aliphatic rings. The molecule has 0 fully saturated rings. The molecule has 1 aromatic carbocycles. The zero-order chi connectivity index (χ0) is 18.9. The van der Waals surface area contributed by atoms with Crippen molar-refractivity contribution >= 4 is 40.5 Å². The molecule has 0 aromatic heterocycles. The van der Waals surface area contributed by atoms with Gasteiger partial charge in [-0.25, -0.2) is 0 Å². The predicted molar refractivity (Wildman–Crippen MR) is 108 cm³/mol. The SMILES string of the molecule is CP1(=O)CP(C)(=O)[N-]CP(C)(=O)[N-]c2ccccc2[N-]P(C)(=O)C[N-]1.[Fe+4].[Y]. The molecule has 0 N–H and O–H groups in total. The first-order valence-corrected chi connectivity index (χ1v) is 16.7. The van der Waals surface area contributed by atoms with Crippen LogP contribution >= 0.6 is 29.2 Å². The van der Waals surface area contributed by atoms with Crippen molar-refractivity contribution in [1.82, 2.24) is 0 Å². The van der Waals surface area contributed by atoms with Crippen LogP contribution in [0.15, 0.2) is 24.3 Å². The maximum Gasteiger partial charge on any atom is 4.00 e. The number of fused-ring (bicyclic) bond motifs is 1. The van der Waals surface area contributed by atoms with Gasteiger partial charge in [-0.15, -0.1) is 23.9 Å². The van der Waals surface area contributed by atoms with E-state index in [1.54, 1.807) is 24.3 Å². The van der Waals surface area contributed by atoms with Crippen molar-refractivity contribution < 1.29 is 68.0 Å². The summed E-state index contributed by atoms with van der Waals surface area (Å²) >= 11 is 0. The molecule has 0 amide bonds. The zero-order valence-corrected chi connectivity index (χ0v) is 23.1. The smallest absolute Gasteiger partial charge is 0.631 e. The van der Waals surface area contributed by atoms with Crippen LogP contribution in [-0.2, 0) is 68.0 Å². The fourth-order valence-corrected chi connectivity index (χ4v) is 12.2. The van der Waals surface area contributed by atoms with Crippen molar-refractivity contribution in [2.24, 2.45) is 0 Å². The molecule has 0 saturated carbocycles. The summed E-state index contributed by atoms with van der Waals surface area (Å²) < 4.78 is 50.7. The van der Waals surface area contributed by atoms with Crippen molar-refractivity contribution in [3.05, 3.63) is 44.6 Å². The normalized spacial score (nSPS) is 37.3. The van der Waals surface area contributed by atoms with Crippen LogP contribution < -0.4 is 0 Å². The molecule has 0 aliphatic carbocycles. The molecule has 1 aromatic rings. The Morgan fingerprint density at radius 1 is 0.704 bits per heavy atom. The monoisotopic (exact) mass is 567 g/mol. The minimum Gasteiger partial charge on any atom is -0.631 e. The maximum atomic E-state index is 12.7. The third-order valence-corrected chi connectivity index (χ3v) is 12.0. The molecule has 0 saturated heterocycles. The summed E-state index contributed by atoms with van der Waals surface area (Å²) in [6.45, 7) is 5.66. The van der Waals surface area contributed by atoms with Crippen molar-refractivity contribution in [1.29, 1.82) is 0 Å². The van der Waals surface area contributed by atoms with Gasteiger partial charge in [-0.1, -0.05) is 24.3 Å². The summed E-state index contributed by atoms with van der Waals surface area (Å²) in [6, 6.07) is 6.68. The average Bonchev–Trinajstić information content (AvgIpc) is 2.44. The second-order valence-electron chi connectivity index (χ2n) is 6.60. The Morgan fingerprint density at radius 3 is 1.37 bits per heavy atom. The van der Waals surface area contributed by atoms with E-state index in [9.17, 15) is 18.3 Å². The predicted octanol–water partition coefficient (Wildman–Crippen LogP) is 6.96. The third-order valence-electron chi connectivity index (χ3n) is 3.29. The zero-order valence-electron chi connectivity index (χ0n) is 15.6. The molecule has 14 heteroatoms. The van der Waals surface area contributed by atoms with Crippen LogP contribution in [-0.4, -0.2) is 45.1 Å². The Bertz CT molecular complexity index is 788. The van der Waals surface area contributed by atoms with Gasteiger partial charge in [-0.05, 0) is 41.2 Å². The molecule has 4 unspecified atom stereocenters. The van der Waals surface area contributed by atoms with E-state index in [0.717, 1.165) is 0 Å². The van der Waals surface area contributed by atoms with Crippen LogP contribution in [0.2, 0.25) is 0 Å². The van der Waals surface area contributed by atoms with Crippen LogP contribution in [0, 0.1) is 0 Å².